The lowest BCUT2D eigenvalue weighted by molar-refractivity contribution is -0.114. The number of benzene rings is 2. The minimum atomic E-state index is -0.606. The van der Waals surface area contributed by atoms with Gasteiger partial charge < -0.3 is 25.5 Å². The first-order valence-corrected chi connectivity index (χ1v) is 10.1. The average Bonchev–Trinajstić information content (AvgIpc) is 2.74. The summed E-state index contributed by atoms with van der Waals surface area (Å²) in [7, 11) is 0. The summed E-state index contributed by atoms with van der Waals surface area (Å²) in [5.41, 5.74) is 1.64. The highest BCUT2D eigenvalue weighted by Gasteiger charge is 2.19. The highest BCUT2D eigenvalue weighted by Crippen LogP contribution is 2.30. The summed E-state index contributed by atoms with van der Waals surface area (Å²) in [6, 6.07) is 12.8. The van der Waals surface area contributed by atoms with Gasteiger partial charge in [-0.25, -0.2) is 4.79 Å². The number of carbonyl (C=O) groups is 2. The van der Waals surface area contributed by atoms with Gasteiger partial charge in [0.05, 0.1) is 6.61 Å². The summed E-state index contributed by atoms with van der Waals surface area (Å²) < 4.78 is 11.2. The van der Waals surface area contributed by atoms with Crippen LogP contribution in [0, 0.1) is 5.92 Å². The molecule has 0 spiro atoms. The maximum atomic E-state index is 12.6. The molecule has 1 aliphatic rings. The third kappa shape index (κ3) is 7.68. The van der Waals surface area contributed by atoms with Crippen LogP contribution in [0.1, 0.15) is 47.7 Å². The van der Waals surface area contributed by atoms with Gasteiger partial charge in [-0.2, -0.15) is 0 Å². The lowest BCUT2D eigenvalue weighted by Gasteiger charge is -2.14. The zero-order chi connectivity index (χ0) is 21.3. The molecule has 1 heterocycles. The molecule has 0 aromatic heterocycles. The molecule has 7 nitrogen and oxygen atoms in total. The standard InChI is InChI=1S/C25H26O5.2H2O/c1-18-12-13-21(26)11-7-3-6-10-20-14-22(29-17-19-8-4-2-5-9-19)15-23(27)24(20)25(28)30-16-18;;/h2,4-6,8-10,12-15,18,27H,3,7,11,16-17H2,1H3;2*1H2/b10-6+,13-12-;;/t18-;;/m1../s1. The number of phenolic OH excluding ortho intramolecular Hbond substituents is 1. The van der Waals surface area contributed by atoms with Crippen LogP contribution in [-0.4, -0.2) is 34.4 Å². The van der Waals surface area contributed by atoms with E-state index in [1.807, 2.05) is 43.3 Å². The lowest BCUT2D eigenvalue weighted by Crippen LogP contribution is -2.13. The van der Waals surface area contributed by atoms with E-state index in [2.05, 4.69) is 0 Å². The number of rotatable bonds is 3. The van der Waals surface area contributed by atoms with Gasteiger partial charge in [-0.15, -0.1) is 0 Å². The molecule has 5 N–H and O–H groups in total. The quantitative estimate of drug-likeness (QED) is 0.726. The van der Waals surface area contributed by atoms with Gasteiger partial charge in [0.15, 0.2) is 5.78 Å². The van der Waals surface area contributed by atoms with Crippen molar-refractivity contribution in [1.82, 2.24) is 0 Å². The Hall–Kier alpha value is -3.42. The van der Waals surface area contributed by atoms with E-state index in [1.165, 1.54) is 6.07 Å². The fraction of sp³-hybridized carbons (Fsp3) is 0.280. The monoisotopic (exact) mass is 442 g/mol. The lowest BCUT2D eigenvalue weighted by atomic mass is 10.0. The van der Waals surface area contributed by atoms with Gasteiger partial charge in [-0.05, 0) is 36.1 Å². The minimum Gasteiger partial charge on any atom is -0.507 e. The SMILES string of the molecule is C[C@@H]1/C=C\C(=O)CCC/C=C/c2cc(OCc3ccccc3)cc(O)c2C(=O)OC1.O.O. The summed E-state index contributed by atoms with van der Waals surface area (Å²) in [4.78, 5) is 24.5. The highest BCUT2D eigenvalue weighted by molar-refractivity contribution is 5.97. The normalized spacial score (nSPS) is 18.6. The molecule has 0 amide bonds. The largest absolute Gasteiger partial charge is 0.507 e. The van der Waals surface area contributed by atoms with Gasteiger partial charge in [0.2, 0.25) is 0 Å². The molecule has 172 valence electrons. The number of esters is 1. The van der Waals surface area contributed by atoms with Crippen molar-refractivity contribution in [3.05, 3.63) is 77.4 Å². The number of hydrogen-bond acceptors (Lipinski definition) is 5. The smallest absolute Gasteiger partial charge is 0.342 e. The minimum absolute atomic E-state index is 0. The Kier molecular flexibility index (Phi) is 10.9. The van der Waals surface area contributed by atoms with E-state index in [4.69, 9.17) is 9.47 Å². The second kappa shape index (κ2) is 13.1. The summed E-state index contributed by atoms with van der Waals surface area (Å²) in [6.07, 6.45) is 8.81. The van der Waals surface area contributed by atoms with E-state index in [0.29, 0.717) is 37.2 Å². The van der Waals surface area contributed by atoms with E-state index in [1.54, 1.807) is 24.3 Å². The van der Waals surface area contributed by atoms with Crippen LogP contribution in [0.25, 0.3) is 6.08 Å². The van der Waals surface area contributed by atoms with Crippen LogP contribution in [0.3, 0.4) is 0 Å². The van der Waals surface area contributed by atoms with Crippen molar-refractivity contribution in [3.8, 4) is 11.5 Å². The Balaban J connectivity index is 0.00000256. The molecule has 1 aliphatic heterocycles. The number of ketones is 1. The van der Waals surface area contributed by atoms with E-state index < -0.39 is 5.97 Å². The molecule has 3 rings (SSSR count). The second-order valence-electron chi connectivity index (χ2n) is 7.38. The van der Waals surface area contributed by atoms with E-state index >= 15 is 0 Å². The highest BCUT2D eigenvalue weighted by atomic mass is 16.5. The van der Waals surface area contributed by atoms with Gasteiger partial charge in [0.1, 0.15) is 23.7 Å². The number of phenols is 1. The Morgan fingerprint density at radius 1 is 1.09 bits per heavy atom. The number of ether oxygens (including phenoxy) is 2. The Bertz CT molecular complexity index is 948. The third-order valence-corrected chi connectivity index (χ3v) is 4.75. The van der Waals surface area contributed by atoms with Gasteiger partial charge in [-0.3, -0.25) is 4.79 Å². The van der Waals surface area contributed by atoms with Crippen molar-refractivity contribution < 1.29 is 35.1 Å². The molecule has 7 heteroatoms. The molecule has 0 unspecified atom stereocenters. The summed E-state index contributed by atoms with van der Waals surface area (Å²) >= 11 is 0. The predicted octanol–water partition coefficient (Wildman–Crippen LogP) is 3.44. The molecule has 2 aromatic rings. The third-order valence-electron chi connectivity index (χ3n) is 4.75. The first-order chi connectivity index (χ1) is 14.5. The second-order valence-corrected chi connectivity index (χ2v) is 7.38. The van der Waals surface area contributed by atoms with Crippen LogP contribution in [0.5, 0.6) is 11.5 Å². The molecule has 0 aliphatic carbocycles. The maximum absolute atomic E-state index is 12.6. The first-order valence-electron chi connectivity index (χ1n) is 10.1. The van der Waals surface area contributed by atoms with Crippen LogP contribution in [0.2, 0.25) is 0 Å². The first kappa shape index (κ1) is 26.6. The van der Waals surface area contributed by atoms with Gasteiger partial charge in [0, 0.05) is 18.4 Å². The predicted molar refractivity (Wildman–Crippen MR) is 123 cm³/mol. The van der Waals surface area contributed by atoms with Gasteiger partial charge >= 0.3 is 5.97 Å². The molecule has 0 saturated heterocycles. The molecule has 1 atom stereocenters. The average molecular weight is 443 g/mol. The van der Waals surface area contributed by atoms with Crippen molar-refractivity contribution in [2.75, 3.05) is 6.61 Å². The molecular weight excluding hydrogens is 412 g/mol. The summed E-state index contributed by atoms with van der Waals surface area (Å²) in [6.45, 7) is 2.33. The molecule has 2 aromatic carbocycles. The number of fused-ring (bicyclic) bond motifs is 1. The summed E-state index contributed by atoms with van der Waals surface area (Å²) in [5.74, 6) is -0.370. The van der Waals surface area contributed by atoms with Crippen LogP contribution in [0.15, 0.2) is 60.7 Å². The van der Waals surface area contributed by atoms with Crippen molar-refractivity contribution in [1.29, 1.82) is 0 Å². The van der Waals surface area contributed by atoms with Crippen LogP contribution in [0.4, 0.5) is 0 Å². The van der Waals surface area contributed by atoms with Gasteiger partial charge in [0.25, 0.3) is 0 Å². The number of cyclic esters (lactones) is 1. The van der Waals surface area contributed by atoms with Crippen molar-refractivity contribution >= 4 is 17.8 Å². The van der Waals surface area contributed by atoms with Crippen LogP contribution < -0.4 is 4.74 Å². The number of carbonyl (C=O) groups excluding carboxylic acids is 2. The fourth-order valence-corrected chi connectivity index (χ4v) is 3.09. The topological polar surface area (TPSA) is 136 Å². The Morgan fingerprint density at radius 3 is 2.59 bits per heavy atom. The maximum Gasteiger partial charge on any atom is 0.342 e. The molecule has 0 fully saturated rings. The Labute approximate surface area is 187 Å². The van der Waals surface area contributed by atoms with Crippen molar-refractivity contribution in [2.45, 2.75) is 32.8 Å². The molecule has 0 radical (unpaired) electrons. The molecule has 0 saturated carbocycles. The molecule has 0 bridgehead atoms. The summed E-state index contributed by atoms with van der Waals surface area (Å²) in [5, 5.41) is 10.5. The zero-order valence-electron chi connectivity index (χ0n) is 18.0. The fourth-order valence-electron chi connectivity index (χ4n) is 3.09. The van der Waals surface area contributed by atoms with E-state index in [-0.39, 0.29) is 40.6 Å². The van der Waals surface area contributed by atoms with Crippen LogP contribution >= 0.6 is 0 Å². The van der Waals surface area contributed by atoms with Crippen molar-refractivity contribution in [2.24, 2.45) is 5.92 Å². The Morgan fingerprint density at radius 2 is 1.84 bits per heavy atom. The number of allylic oxidation sites excluding steroid dienone is 2. The number of aromatic hydroxyl groups is 1. The number of hydrogen-bond donors (Lipinski definition) is 1. The molecular formula is C25H30O7. The van der Waals surface area contributed by atoms with E-state index in [0.717, 1.165) is 5.56 Å². The van der Waals surface area contributed by atoms with Crippen molar-refractivity contribution in [3.63, 3.8) is 0 Å². The molecule has 32 heavy (non-hydrogen) atoms. The zero-order valence-corrected chi connectivity index (χ0v) is 18.0. The van der Waals surface area contributed by atoms with E-state index in [9.17, 15) is 14.7 Å². The van der Waals surface area contributed by atoms with Crippen LogP contribution in [-0.2, 0) is 16.1 Å². The van der Waals surface area contributed by atoms with Gasteiger partial charge in [-0.1, -0.05) is 55.5 Å².